The van der Waals surface area contributed by atoms with Gasteiger partial charge in [-0.05, 0) is 54.8 Å². The van der Waals surface area contributed by atoms with Crippen molar-refractivity contribution in [2.45, 2.75) is 25.0 Å². The van der Waals surface area contributed by atoms with Crippen molar-refractivity contribution in [2.75, 3.05) is 20.3 Å². The van der Waals surface area contributed by atoms with E-state index in [1.807, 2.05) is 0 Å². The van der Waals surface area contributed by atoms with Gasteiger partial charge < -0.3 is 19.5 Å². The fraction of sp³-hybridized carbons (Fsp3) is 0.304. The predicted molar refractivity (Wildman–Crippen MR) is 112 cm³/mol. The predicted octanol–water partition coefficient (Wildman–Crippen LogP) is 3.95. The number of aliphatic hydroxyl groups is 1. The number of carbonyl (C=O) groups excluding carboxylic acids is 2. The number of nitrogens with zero attached hydrogens (tertiary/aromatic N) is 1. The molecule has 0 bridgehead atoms. The molecule has 0 saturated carbocycles. The highest BCUT2D eigenvalue weighted by atomic mass is 35.5. The quantitative estimate of drug-likeness (QED) is 0.444. The smallest absolute Gasteiger partial charge is 0.295 e. The minimum Gasteiger partial charge on any atom is -0.507 e. The zero-order valence-electron chi connectivity index (χ0n) is 16.5. The third-order valence-electron chi connectivity index (χ3n) is 5.51. The van der Waals surface area contributed by atoms with Crippen LogP contribution >= 0.6 is 11.6 Å². The Morgan fingerprint density at radius 3 is 2.47 bits per heavy atom. The largest absolute Gasteiger partial charge is 0.507 e. The van der Waals surface area contributed by atoms with Crippen LogP contribution in [0.2, 0.25) is 5.02 Å². The monoisotopic (exact) mass is 427 g/mol. The maximum atomic E-state index is 13.0. The van der Waals surface area contributed by atoms with Crippen molar-refractivity contribution in [2.24, 2.45) is 0 Å². The summed E-state index contributed by atoms with van der Waals surface area (Å²) in [7, 11) is 1.55. The number of methoxy groups -OCH3 is 1. The summed E-state index contributed by atoms with van der Waals surface area (Å²) in [6.45, 7) is 0.934. The fourth-order valence-corrected chi connectivity index (χ4v) is 4.10. The number of likely N-dealkylation sites (tertiary alicyclic amines) is 1. The Morgan fingerprint density at radius 2 is 1.87 bits per heavy atom. The van der Waals surface area contributed by atoms with Gasteiger partial charge in [-0.2, -0.15) is 0 Å². The van der Waals surface area contributed by atoms with Gasteiger partial charge in [0.15, 0.2) is 0 Å². The van der Waals surface area contributed by atoms with Gasteiger partial charge in [0.1, 0.15) is 11.5 Å². The van der Waals surface area contributed by atoms with E-state index in [1.54, 1.807) is 55.6 Å². The molecule has 0 aromatic heterocycles. The first-order chi connectivity index (χ1) is 14.5. The van der Waals surface area contributed by atoms with E-state index >= 15 is 0 Å². The Kier molecular flexibility index (Phi) is 5.79. The Labute approximate surface area is 179 Å². The molecule has 2 fully saturated rings. The minimum atomic E-state index is -0.714. The first-order valence-electron chi connectivity index (χ1n) is 9.79. The van der Waals surface area contributed by atoms with Gasteiger partial charge in [0.25, 0.3) is 11.7 Å². The molecule has 2 heterocycles. The average Bonchev–Trinajstić information content (AvgIpc) is 3.36. The van der Waals surface area contributed by atoms with E-state index in [0.717, 1.165) is 12.8 Å². The van der Waals surface area contributed by atoms with E-state index in [4.69, 9.17) is 21.1 Å². The van der Waals surface area contributed by atoms with Crippen molar-refractivity contribution >= 4 is 29.1 Å². The third kappa shape index (κ3) is 3.80. The topological polar surface area (TPSA) is 76.1 Å². The van der Waals surface area contributed by atoms with E-state index < -0.39 is 17.7 Å². The van der Waals surface area contributed by atoms with Gasteiger partial charge in [-0.25, -0.2) is 0 Å². The molecule has 4 rings (SSSR count). The van der Waals surface area contributed by atoms with E-state index in [-0.39, 0.29) is 24.0 Å². The summed E-state index contributed by atoms with van der Waals surface area (Å²) in [6, 6.07) is 12.9. The number of hydrogen-bond acceptors (Lipinski definition) is 5. The molecule has 2 aromatic rings. The first kappa shape index (κ1) is 20.4. The number of Topliss-reactive ketones (excluding diaryl/α,β-unsaturated/α-hetero) is 1. The SMILES string of the molecule is COc1ccc(/C(O)=C2/C(=O)C(=O)N(CC3CCCO3)C2c2ccc(Cl)cc2)cc1. The highest BCUT2D eigenvalue weighted by Crippen LogP contribution is 2.40. The zero-order chi connectivity index (χ0) is 21.3. The minimum absolute atomic E-state index is 0.0606. The van der Waals surface area contributed by atoms with Crippen LogP contribution < -0.4 is 4.74 Å². The van der Waals surface area contributed by atoms with Crippen molar-refractivity contribution in [1.82, 2.24) is 4.90 Å². The number of benzene rings is 2. The van der Waals surface area contributed by atoms with E-state index in [9.17, 15) is 14.7 Å². The molecular weight excluding hydrogens is 406 g/mol. The van der Waals surface area contributed by atoms with Crippen molar-refractivity contribution in [3.63, 3.8) is 0 Å². The van der Waals surface area contributed by atoms with Crippen LogP contribution in [0, 0.1) is 0 Å². The van der Waals surface area contributed by atoms with Gasteiger partial charge in [0, 0.05) is 23.7 Å². The van der Waals surface area contributed by atoms with Gasteiger partial charge in [0.05, 0.1) is 24.8 Å². The van der Waals surface area contributed by atoms with Crippen LogP contribution in [0.3, 0.4) is 0 Å². The van der Waals surface area contributed by atoms with E-state index in [2.05, 4.69) is 0 Å². The lowest BCUT2D eigenvalue weighted by Gasteiger charge is -2.27. The fourth-order valence-electron chi connectivity index (χ4n) is 3.97. The van der Waals surface area contributed by atoms with Crippen LogP contribution in [0.4, 0.5) is 0 Å². The number of aliphatic hydroxyl groups excluding tert-OH is 1. The van der Waals surface area contributed by atoms with Crippen molar-refractivity contribution in [1.29, 1.82) is 0 Å². The van der Waals surface area contributed by atoms with Gasteiger partial charge >= 0.3 is 0 Å². The Balaban J connectivity index is 1.80. The van der Waals surface area contributed by atoms with Crippen LogP contribution in [0.25, 0.3) is 5.76 Å². The van der Waals surface area contributed by atoms with Gasteiger partial charge in [-0.3, -0.25) is 9.59 Å². The molecule has 2 aliphatic heterocycles. The lowest BCUT2D eigenvalue weighted by Crippen LogP contribution is -2.36. The summed E-state index contributed by atoms with van der Waals surface area (Å²) < 4.78 is 10.8. The lowest BCUT2D eigenvalue weighted by molar-refractivity contribution is -0.140. The number of hydrogen-bond donors (Lipinski definition) is 1. The van der Waals surface area contributed by atoms with Crippen molar-refractivity contribution in [3.05, 3.63) is 70.3 Å². The Morgan fingerprint density at radius 1 is 1.17 bits per heavy atom. The molecule has 0 aliphatic carbocycles. The van der Waals surface area contributed by atoms with Gasteiger partial charge in [0.2, 0.25) is 0 Å². The third-order valence-corrected chi connectivity index (χ3v) is 5.77. The molecule has 30 heavy (non-hydrogen) atoms. The zero-order valence-corrected chi connectivity index (χ0v) is 17.3. The molecule has 2 unspecified atom stereocenters. The summed E-state index contributed by atoms with van der Waals surface area (Å²) in [5.41, 5.74) is 1.20. The normalized spacial score (nSPS) is 23.2. The molecule has 1 amide bonds. The number of rotatable bonds is 5. The molecule has 2 aromatic carbocycles. The Hall–Kier alpha value is -2.83. The van der Waals surface area contributed by atoms with E-state index in [0.29, 0.717) is 28.5 Å². The number of ketones is 1. The maximum absolute atomic E-state index is 13.0. The molecule has 7 heteroatoms. The first-order valence-corrected chi connectivity index (χ1v) is 10.2. The average molecular weight is 428 g/mol. The molecule has 0 spiro atoms. The summed E-state index contributed by atoms with van der Waals surface area (Å²) in [4.78, 5) is 27.4. The molecule has 2 saturated heterocycles. The molecule has 0 radical (unpaired) electrons. The van der Waals surface area contributed by atoms with Crippen LogP contribution in [-0.4, -0.2) is 48.1 Å². The number of halogens is 1. The molecule has 1 N–H and O–H groups in total. The standard InChI is InChI=1S/C23H22ClNO5/c1-29-17-10-6-15(7-11-17)21(26)19-20(14-4-8-16(24)9-5-14)25(23(28)22(19)27)13-18-3-2-12-30-18/h4-11,18,20,26H,2-3,12-13H2,1H3/b21-19-. The molecule has 2 atom stereocenters. The van der Waals surface area contributed by atoms with Crippen LogP contribution in [-0.2, 0) is 14.3 Å². The van der Waals surface area contributed by atoms with Crippen LogP contribution in [0.5, 0.6) is 5.75 Å². The molecule has 2 aliphatic rings. The van der Waals surface area contributed by atoms with Crippen LogP contribution in [0.1, 0.15) is 30.0 Å². The Bertz CT molecular complexity index is 978. The molecule has 6 nitrogen and oxygen atoms in total. The van der Waals surface area contributed by atoms with Gasteiger partial charge in [-0.15, -0.1) is 0 Å². The van der Waals surface area contributed by atoms with Crippen LogP contribution in [0.15, 0.2) is 54.1 Å². The number of carbonyl (C=O) groups is 2. The molecule has 156 valence electrons. The molecular formula is C23H22ClNO5. The van der Waals surface area contributed by atoms with Crippen molar-refractivity contribution in [3.8, 4) is 5.75 Å². The number of amides is 1. The van der Waals surface area contributed by atoms with E-state index in [1.165, 1.54) is 4.90 Å². The number of ether oxygens (including phenoxy) is 2. The summed E-state index contributed by atoms with van der Waals surface area (Å²) >= 11 is 6.03. The summed E-state index contributed by atoms with van der Waals surface area (Å²) in [5, 5.41) is 11.6. The van der Waals surface area contributed by atoms with Crippen molar-refractivity contribution < 1.29 is 24.2 Å². The summed E-state index contributed by atoms with van der Waals surface area (Å²) in [5.74, 6) is -0.938. The second kappa shape index (κ2) is 8.50. The highest BCUT2D eigenvalue weighted by molar-refractivity contribution is 6.46. The maximum Gasteiger partial charge on any atom is 0.295 e. The second-order valence-electron chi connectivity index (χ2n) is 7.37. The second-order valence-corrected chi connectivity index (χ2v) is 7.80. The lowest BCUT2D eigenvalue weighted by atomic mass is 9.95. The van der Waals surface area contributed by atoms with Gasteiger partial charge in [-0.1, -0.05) is 23.7 Å². The summed E-state index contributed by atoms with van der Waals surface area (Å²) in [6.07, 6.45) is 1.62. The highest BCUT2D eigenvalue weighted by Gasteiger charge is 2.47.